The molecule has 0 unspecified atom stereocenters. The summed E-state index contributed by atoms with van der Waals surface area (Å²) in [7, 11) is 0. The van der Waals surface area contributed by atoms with Crippen molar-refractivity contribution in [1.82, 2.24) is 16.2 Å². The predicted octanol–water partition coefficient (Wildman–Crippen LogP) is 2.71. The summed E-state index contributed by atoms with van der Waals surface area (Å²) in [4.78, 5) is 11.7. The Morgan fingerprint density at radius 2 is 2.09 bits per heavy atom. The molecule has 0 aliphatic heterocycles. The molecule has 122 valence electrons. The van der Waals surface area contributed by atoms with E-state index in [1.807, 2.05) is 6.92 Å². The third-order valence-electron chi connectivity index (χ3n) is 2.88. The molecular formula is C15H22ClN3O2S. The Morgan fingerprint density at radius 3 is 2.77 bits per heavy atom. The van der Waals surface area contributed by atoms with Crippen molar-refractivity contribution in [2.75, 3.05) is 13.2 Å². The fourth-order valence-corrected chi connectivity index (χ4v) is 2.08. The van der Waals surface area contributed by atoms with E-state index in [-0.39, 0.29) is 12.5 Å². The molecule has 0 saturated carbocycles. The van der Waals surface area contributed by atoms with Crippen molar-refractivity contribution in [1.29, 1.82) is 0 Å². The molecule has 0 fully saturated rings. The Morgan fingerprint density at radius 1 is 1.32 bits per heavy atom. The van der Waals surface area contributed by atoms with Gasteiger partial charge in [-0.25, -0.2) is 0 Å². The first-order chi connectivity index (χ1) is 10.5. The molecule has 0 aromatic heterocycles. The van der Waals surface area contributed by atoms with Gasteiger partial charge in [-0.3, -0.25) is 15.6 Å². The summed E-state index contributed by atoms with van der Waals surface area (Å²) in [5, 5.41) is 4.04. The molecule has 7 heteroatoms. The number of nitrogens with one attached hydrogen (secondary N) is 3. The van der Waals surface area contributed by atoms with E-state index >= 15 is 0 Å². The summed E-state index contributed by atoms with van der Waals surface area (Å²) in [6.07, 6.45) is 3.35. The summed E-state index contributed by atoms with van der Waals surface area (Å²) in [5.74, 6) is 0.312. The molecule has 0 saturated heterocycles. The highest BCUT2D eigenvalue weighted by molar-refractivity contribution is 7.80. The zero-order chi connectivity index (χ0) is 16.4. The SMILES string of the molecule is CCCCCNC(=S)NNC(=O)COc1ccc(Cl)cc1C. The summed E-state index contributed by atoms with van der Waals surface area (Å²) < 4.78 is 5.42. The quantitative estimate of drug-likeness (QED) is 0.403. The lowest BCUT2D eigenvalue weighted by Crippen LogP contribution is -2.48. The number of hydrazine groups is 1. The van der Waals surface area contributed by atoms with Crippen LogP contribution >= 0.6 is 23.8 Å². The van der Waals surface area contributed by atoms with Crippen molar-refractivity contribution in [3.05, 3.63) is 28.8 Å². The van der Waals surface area contributed by atoms with Gasteiger partial charge in [0.1, 0.15) is 5.75 Å². The predicted molar refractivity (Wildman–Crippen MR) is 93.1 cm³/mol. The Hall–Kier alpha value is -1.53. The standard InChI is InChI=1S/C15H22ClN3O2S/c1-3-4-5-8-17-15(22)19-18-14(20)10-21-13-7-6-12(16)9-11(13)2/h6-7,9H,3-5,8,10H2,1-2H3,(H,18,20)(H2,17,19,22). The van der Waals surface area contributed by atoms with E-state index in [0.717, 1.165) is 31.4 Å². The van der Waals surface area contributed by atoms with Crippen LogP contribution in [0.15, 0.2) is 18.2 Å². The average Bonchev–Trinajstić information content (AvgIpc) is 2.48. The van der Waals surface area contributed by atoms with Crippen molar-refractivity contribution < 1.29 is 9.53 Å². The van der Waals surface area contributed by atoms with Crippen LogP contribution in [0.5, 0.6) is 5.75 Å². The lowest BCUT2D eigenvalue weighted by Gasteiger charge is -2.12. The van der Waals surface area contributed by atoms with Crippen LogP contribution in [0.2, 0.25) is 5.02 Å². The molecule has 5 nitrogen and oxygen atoms in total. The number of thiocarbonyl (C=S) groups is 1. The van der Waals surface area contributed by atoms with Crippen molar-refractivity contribution in [3.63, 3.8) is 0 Å². The molecule has 0 radical (unpaired) electrons. The van der Waals surface area contributed by atoms with Gasteiger partial charge in [0.2, 0.25) is 0 Å². The maximum Gasteiger partial charge on any atom is 0.276 e. The molecule has 1 rings (SSSR count). The molecule has 0 atom stereocenters. The van der Waals surface area contributed by atoms with E-state index in [4.69, 9.17) is 28.6 Å². The minimum atomic E-state index is -0.313. The molecule has 22 heavy (non-hydrogen) atoms. The van der Waals surface area contributed by atoms with Gasteiger partial charge in [-0.15, -0.1) is 0 Å². The second-order valence-electron chi connectivity index (χ2n) is 4.83. The van der Waals surface area contributed by atoms with Crippen LogP contribution in [0.1, 0.15) is 31.7 Å². The maximum absolute atomic E-state index is 11.7. The number of ether oxygens (including phenoxy) is 1. The Bertz CT molecular complexity index is 512. The van der Waals surface area contributed by atoms with Crippen LogP contribution in [0.3, 0.4) is 0 Å². The van der Waals surface area contributed by atoms with Crippen LogP contribution in [0, 0.1) is 6.92 Å². The van der Waals surface area contributed by atoms with Gasteiger partial charge in [0, 0.05) is 11.6 Å². The fraction of sp³-hybridized carbons (Fsp3) is 0.467. The normalized spacial score (nSPS) is 9.95. The topological polar surface area (TPSA) is 62.4 Å². The van der Waals surface area contributed by atoms with Crippen molar-refractivity contribution >= 4 is 34.8 Å². The van der Waals surface area contributed by atoms with Crippen LogP contribution in [0.25, 0.3) is 0 Å². The minimum absolute atomic E-state index is 0.103. The number of carbonyl (C=O) groups is 1. The number of carbonyl (C=O) groups excluding carboxylic acids is 1. The Balaban J connectivity index is 2.22. The fourth-order valence-electron chi connectivity index (χ4n) is 1.70. The van der Waals surface area contributed by atoms with Gasteiger partial charge in [0.05, 0.1) is 0 Å². The molecule has 0 bridgehead atoms. The molecule has 1 aromatic carbocycles. The summed E-state index contributed by atoms with van der Waals surface area (Å²) >= 11 is 10.9. The third kappa shape index (κ3) is 7.47. The molecule has 1 aromatic rings. The smallest absolute Gasteiger partial charge is 0.276 e. The first kappa shape index (κ1) is 18.5. The lowest BCUT2D eigenvalue weighted by atomic mass is 10.2. The first-order valence-electron chi connectivity index (χ1n) is 7.24. The monoisotopic (exact) mass is 343 g/mol. The highest BCUT2D eigenvalue weighted by Crippen LogP contribution is 2.21. The molecular weight excluding hydrogens is 322 g/mol. The molecule has 3 N–H and O–H groups in total. The van der Waals surface area contributed by atoms with Crippen molar-refractivity contribution in [2.24, 2.45) is 0 Å². The minimum Gasteiger partial charge on any atom is -0.483 e. The molecule has 0 heterocycles. The summed E-state index contributed by atoms with van der Waals surface area (Å²) in [5.41, 5.74) is 6.00. The van der Waals surface area contributed by atoms with Gasteiger partial charge in [-0.1, -0.05) is 31.4 Å². The van der Waals surface area contributed by atoms with Gasteiger partial charge in [-0.05, 0) is 49.3 Å². The number of unbranched alkanes of at least 4 members (excludes halogenated alkanes) is 2. The van der Waals surface area contributed by atoms with Crippen LogP contribution in [-0.4, -0.2) is 24.2 Å². The number of amides is 1. The van der Waals surface area contributed by atoms with E-state index in [2.05, 4.69) is 23.1 Å². The number of hydrogen-bond acceptors (Lipinski definition) is 3. The zero-order valence-corrected chi connectivity index (χ0v) is 14.4. The number of hydrogen-bond donors (Lipinski definition) is 3. The summed E-state index contributed by atoms with van der Waals surface area (Å²) in [6, 6.07) is 5.23. The largest absolute Gasteiger partial charge is 0.483 e. The van der Waals surface area contributed by atoms with Crippen molar-refractivity contribution in [2.45, 2.75) is 33.1 Å². The van der Waals surface area contributed by atoms with Crippen LogP contribution in [0.4, 0.5) is 0 Å². The van der Waals surface area contributed by atoms with E-state index in [1.165, 1.54) is 0 Å². The molecule has 0 aliphatic carbocycles. The Kier molecular flexibility index (Phi) is 8.62. The van der Waals surface area contributed by atoms with Gasteiger partial charge in [0.15, 0.2) is 11.7 Å². The molecule has 0 spiro atoms. The van der Waals surface area contributed by atoms with Gasteiger partial charge < -0.3 is 10.1 Å². The lowest BCUT2D eigenvalue weighted by molar-refractivity contribution is -0.123. The highest BCUT2D eigenvalue weighted by atomic mass is 35.5. The van der Waals surface area contributed by atoms with Crippen molar-refractivity contribution in [3.8, 4) is 5.75 Å². The van der Waals surface area contributed by atoms with E-state index < -0.39 is 0 Å². The number of aryl methyl sites for hydroxylation is 1. The number of benzene rings is 1. The van der Waals surface area contributed by atoms with Gasteiger partial charge >= 0.3 is 0 Å². The second kappa shape index (κ2) is 10.2. The molecule has 0 aliphatic rings. The van der Waals surface area contributed by atoms with Gasteiger partial charge in [0.25, 0.3) is 5.91 Å². The first-order valence-corrected chi connectivity index (χ1v) is 8.03. The average molecular weight is 344 g/mol. The van der Waals surface area contributed by atoms with E-state index in [9.17, 15) is 4.79 Å². The second-order valence-corrected chi connectivity index (χ2v) is 5.68. The third-order valence-corrected chi connectivity index (χ3v) is 3.36. The number of halogens is 1. The van der Waals surface area contributed by atoms with Crippen LogP contribution in [-0.2, 0) is 4.79 Å². The highest BCUT2D eigenvalue weighted by Gasteiger charge is 2.05. The van der Waals surface area contributed by atoms with Gasteiger partial charge in [-0.2, -0.15) is 0 Å². The van der Waals surface area contributed by atoms with E-state index in [1.54, 1.807) is 18.2 Å². The number of rotatable bonds is 7. The zero-order valence-electron chi connectivity index (χ0n) is 12.9. The maximum atomic E-state index is 11.7. The Labute approximate surface area is 141 Å². The van der Waals surface area contributed by atoms with Crippen LogP contribution < -0.4 is 20.9 Å². The van der Waals surface area contributed by atoms with E-state index in [0.29, 0.717) is 15.9 Å². The summed E-state index contributed by atoms with van der Waals surface area (Å²) in [6.45, 7) is 4.69. The molecule has 1 amide bonds.